The number of hydrogen-bond acceptors (Lipinski definition) is 4. The Morgan fingerprint density at radius 1 is 1.04 bits per heavy atom. The van der Waals surface area contributed by atoms with Crippen LogP contribution in [0.5, 0.6) is 0 Å². The topological polar surface area (TPSA) is 66.8 Å². The Morgan fingerprint density at radius 3 is 2.12 bits per heavy atom. The molecule has 0 spiro atoms. The minimum Gasteiger partial charge on any atom is -0.466 e. The number of benzene rings is 2. The number of carbonyl (C=O) groups is 1. The monoisotopic (exact) mass is 352 g/mol. The van der Waals surface area contributed by atoms with Crippen LogP contribution in [-0.2, 0) is 16.0 Å². The molecule has 4 nitrogen and oxygen atoms in total. The van der Waals surface area contributed by atoms with Crippen LogP contribution in [0.25, 0.3) is 10.8 Å². The number of aliphatic hydroxyl groups excluding tert-OH is 2. The van der Waals surface area contributed by atoms with Gasteiger partial charge in [0.2, 0.25) is 0 Å². The van der Waals surface area contributed by atoms with Gasteiger partial charge < -0.3 is 14.9 Å². The van der Waals surface area contributed by atoms with Gasteiger partial charge in [-0.15, -0.1) is 9.24 Å². The Bertz CT molecular complexity index is 584. The van der Waals surface area contributed by atoms with Crippen molar-refractivity contribution in [2.24, 2.45) is 0 Å². The quantitative estimate of drug-likeness (QED) is 0.655. The molecule has 134 valence electrons. The SMILES string of the molecule is CCO.CCO.CCOC(=O)C(P)Cc1ccc2ccccc2c1. The molecule has 0 saturated heterocycles. The molecule has 2 rings (SSSR count). The Labute approximate surface area is 147 Å². The third-order valence-corrected chi connectivity index (χ3v) is 3.37. The largest absolute Gasteiger partial charge is 0.466 e. The zero-order valence-electron chi connectivity index (χ0n) is 14.7. The molecule has 2 aromatic rings. The zero-order chi connectivity index (χ0) is 18.4. The maximum atomic E-state index is 11.6. The van der Waals surface area contributed by atoms with Crippen LogP contribution in [0.1, 0.15) is 26.3 Å². The number of aliphatic hydroxyl groups is 2. The van der Waals surface area contributed by atoms with Crippen molar-refractivity contribution in [3.05, 3.63) is 48.0 Å². The Balaban J connectivity index is 0.000000772. The molecular weight excluding hydrogens is 323 g/mol. The molecule has 2 atom stereocenters. The molecule has 0 aliphatic rings. The van der Waals surface area contributed by atoms with E-state index in [0.717, 1.165) is 5.56 Å². The lowest BCUT2D eigenvalue weighted by atomic mass is 10.0. The Morgan fingerprint density at radius 2 is 1.58 bits per heavy atom. The lowest BCUT2D eigenvalue weighted by Gasteiger charge is -2.10. The highest BCUT2D eigenvalue weighted by molar-refractivity contribution is 7.19. The highest BCUT2D eigenvalue weighted by Crippen LogP contribution is 2.18. The molecular formula is C19H29O4P. The van der Waals surface area contributed by atoms with Gasteiger partial charge in [0.15, 0.2) is 0 Å². The van der Waals surface area contributed by atoms with Crippen LogP contribution in [0.2, 0.25) is 0 Å². The Hall–Kier alpha value is -1.48. The van der Waals surface area contributed by atoms with Crippen molar-refractivity contribution in [3.63, 3.8) is 0 Å². The minimum atomic E-state index is -0.175. The van der Waals surface area contributed by atoms with E-state index >= 15 is 0 Å². The summed E-state index contributed by atoms with van der Waals surface area (Å²) in [5.74, 6) is -0.157. The van der Waals surface area contributed by atoms with Crippen molar-refractivity contribution in [1.82, 2.24) is 0 Å². The van der Waals surface area contributed by atoms with Crippen LogP contribution in [0.4, 0.5) is 0 Å². The highest BCUT2D eigenvalue weighted by Gasteiger charge is 2.14. The van der Waals surface area contributed by atoms with Gasteiger partial charge in [-0.3, -0.25) is 4.79 Å². The summed E-state index contributed by atoms with van der Waals surface area (Å²) in [6, 6.07) is 14.5. The lowest BCUT2D eigenvalue weighted by Crippen LogP contribution is -2.19. The van der Waals surface area contributed by atoms with Gasteiger partial charge in [0.25, 0.3) is 0 Å². The van der Waals surface area contributed by atoms with Gasteiger partial charge in [-0.25, -0.2) is 0 Å². The standard InChI is InChI=1S/C15H17O2P.2C2H6O/c1-2-17-15(16)14(18)10-11-7-8-12-5-3-4-6-13(12)9-11;2*1-2-3/h3-9,14H,2,10,18H2,1H3;2*3H,2H2,1H3. The number of esters is 1. The van der Waals surface area contributed by atoms with Gasteiger partial charge >= 0.3 is 5.97 Å². The van der Waals surface area contributed by atoms with Gasteiger partial charge in [-0.1, -0.05) is 42.5 Å². The summed E-state index contributed by atoms with van der Waals surface area (Å²) >= 11 is 0. The first-order chi connectivity index (χ1) is 11.5. The third-order valence-electron chi connectivity index (χ3n) is 2.86. The molecule has 0 bridgehead atoms. The third kappa shape index (κ3) is 8.97. The predicted octanol–water partition coefficient (Wildman–Crippen LogP) is 3.19. The van der Waals surface area contributed by atoms with E-state index < -0.39 is 0 Å². The molecule has 0 amide bonds. The van der Waals surface area contributed by atoms with Crippen molar-refractivity contribution in [2.45, 2.75) is 32.9 Å². The first-order valence-electron chi connectivity index (χ1n) is 8.15. The maximum absolute atomic E-state index is 11.6. The summed E-state index contributed by atoms with van der Waals surface area (Å²) in [5, 5.41) is 17.6. The van der Waals surface area contributed by atoms with E-state index in [-0.39, 0.29) is 24.8 Å². The van der Waals surface area contributed by atoms with E-state index in [1.54, 1.807) is 13.8 Å². The van der Waals surface area contributed by atoms with Gasteiger partial charge in [-0.05, 0) is 43.5 Å². The van der Waals surface area contributed by atoms with Gasteiger partial charge in [0.05, 0.1) is 12.3 Å². The second-order valence-corrected chi connectivity index (χ2v) is 5.68. The van der Waals surface area contributed by atoms with Crippen LogP contribution < -0.4 is 0 Å². The summed E-state index contributed by atoms with van der Waals surface area (Å²) in [7, 11) is 2.56. The van der Waals surface area contributed by atoms with Crippen LogP contribution >= 0.6 is 9.24 Å². The fourth-order valence-corrected chi connectivity index (χ4v) is 2.32. The molecule has 0 aromatic heterocycles. The van der Waals surface area contributed by atoms with Crippen molar-refractivity contribution < 1.29 is 19.7 Å². The van der Waals surface area contributed by atoms with Crippen LogP contribution in [0, 0.1) is 0 Å². The number of hydrogen-bond donors (Lipinski definition) is 2. The molecule has 0 fully saturated rings. The summed E-state index contributed by atoms with van der Waals surface area (Å²) < 4.78 is 5.00. The summed E-state index contributed by atoms with van der Waals surface area (Å²) in [6.07, 6.45) is 0.689. The summed E-state index contributed by atoms with van der Waals surface area (Å²) in [6.45, 7) is 6.12. The number of rotatable bonds is 4. The van der Waals surface area contributed by atoms with E-state index in [2.05, 4.69) is 39.6 Å². The fraction of sp³-hybridized carbons (Fsp3) is 0.421. The fourth-order valence-electron chi connectivity index (χ4n) is 1.95. The van der Waals surface area contributed by atoms with Crippen molar-refractivity contribution in [3.8, 4) is 0 Å². The molecule has 2 N–H and O–H groups in total. The van der Waals surface area contributed by atoms with E-state index in [1.807, 2.05) is 19.1 Å². The highest BCUT2D eigenvalue weighted by atomic mass is 31.0. The molecule has 0 aliphatic carbocycles. The predicted molar refractivity (Wildman–Crippen MR) is 103 cm³/mol. The van der Waals surface area contributed by atoms with Crippen molar-refractivity contribution >= 4 is 26.0 Å². The first kappa shape index (κ1) is 22.5. The molecule has 24 heavy (non-hydrogen) atoms. The second kappa shape index (κ2) is 13.9. The molecule has 2 aromatic carbocycles. The number of fused-ring (bicyclic) bond motifs is 1. The summed E-state index contributed by atoms with van der Waals surface area (Å²) in [4.78, 5) is 11.6. The van der Waals surface area contributed by atoms with Crippen LogP contribution in [0.3, 0.4) is 0 Å². The lowest BCUT2D eigenvalue weighted by molar-refractivity contribution is -0.142. The Kier molecular flexibility index (Phi) is 13.1. The molecule has 0 radical (unpaired) electrons. The van der Waals surface area contributed by atoms with E-state index in [0.29, 0.717) is 13.0 Å². The number of ether oxygens (including phenoxy) is 1. The molecule has 5 heteroatoms. The first-order valence-corrected chi connectivity index (χ1v) is 8.82. The zero-order valence-corrected chi connectivity index (χ0v) is 15.9. The van der Waals surface area contributed by atoms with Gasteiger partial charge in [0.1, 0.15) is 0 Å². The maximum Gasteiger partial charge on any atom is 0.313 e. The molecule has 0 aliphatic heterocycles. The average molecular weight is 352 g/mol. The van der Waals surface area contributed by atoms with Crippen molar-refractivity contribution in [2.75, 3.05) is 19.8 Å². The van der Waals surface area contributed by atoms with Crippen LogP contribution in [0.15, 0.2) is 42.5 Å². The second-order valence-electron chi connectivity index (χ2n) is 4.88. The van der Waals surface area contributed by atoms with Crippen molar-refractivity contribution in [1.29, 1.82) is 0 Å². The minimum absolute atomic E-state index is 0.157. The smallest absolute Gasteiger partial charge is 0.313 e. The average Bonchev–Trinajstić information content (AvgIpc) is 2.56. The van der Waals surface area contributed by atoms with Crippen LogP contribution in [-0.4, -0.2) is 41.7 Å². The van der Waals surface area contributed by atoms with E-state index in [9.17, 15) is 4.79 Å². The van der Waals surface area contributed by atoms with E-state index in [4.69, 9.17) is 14.9 Å². The van der Waals surface area contributed by atoms with E-state index in [1.165, 1.54) is 10.8 Å². The molecule has 0 saturated carbocycles. The molecule has 0 heterocycles. The van der Waals surface area contributed by atoms with Gasteiger partial charge in [-0.2, -0.15) is 0 Å². The number of carbonyl (C=O) groups excluding carboxylic acids is 1. The normalized spacial score (nSPS) is 10.8. The molecule has 2 unspecified atom stereocenters. The summed E-state index contributed by atoms with van der Waals surface area (Å²) in [5.41, 5.74) is 0.980. The van der Waals surface area contributed by atoms with Gasteiger partial charge in [0, 0.05) is 13.2 Å².